The van der Waals surface area contributed by atoms with E-state index in [9.17, 15) is 4.79 Å². The van der Waals surface area contributed by atoms with Gasteiger partial charge in [0.15, 0.2) is 0 Å². The van der Waals surface area contributed by atoms with Crippen LogP contribution in [0, 0.1) is 5.92 Å². The monoisotopic (exact) mass is 345 g/mol. The third kappa shape index (κ3) is 4.76. The van der Waals surface area contributed by atoms with Crippen molar-refractivity contribution in [2.24, 2.45) is 5.92 Å². The minimum absolute atomic E-state index is 0.0138. The zero-order valence-corrected chi connectivity index (χ0v) is 15.8. The van der Waals surface area contributed by atoms with E-state index < -0.39 is 0 Å². The van der Waals surface area contributed by atoms with E-state index in [1.54, 1.807) is 12.4 Å². The summed E-state index contributed by atoms with van der Waals surface area (Å²) in [6.07, 6.45) is 6.93. The molecule has 6 heteroatoms. The van der Waals surface area contributed by atoms with Gasteiger partial charge in [-0.05, 0) is 52.6 Å². The van der Waals surface area contributed by atoms with Crippen LogP contribution in [0.25, 0.3) is 0 Å². The molecular weight excluding hydrogens is 314 g/mol. The first kappa shape index (κ1) is 18.3. The Hall–Kier alpha value is -1.53. The first-order valence-electron chi connectivity index (χ1n) is 9.55. The number of likely N-dealkylation sites (tertiary alicyclic amines) is 1. The molecule has 2 aliphatic rings. The molecule has 1 aromatic heterocycles. The van der Waals surface area contributed by atoms with Gasteiger partial charge in [0.25, 0.3) is 5.91 Å². The summed E-state index contributed by atoms with van der Waals surface area (Å²) in [6.45, 7) is 10.1. The van der Waals surface area contributed by atoms with Crippen molar-refractivity contribution >= 4 is 5.91 Å². The van der Waals surface area contributed by atoms with Crippen molar-refractivity contribution in [3.8, 4) is 0 Å². The highest BCUT2D eigenvalue weighted by Crippen LogP contribution is 2.19. The number of hydrogen-bond donors (Lipinski definition) is 0. The second kappa shape index (κ2) is 8.23. The second-order valence-electron chi connectivity index (χ2n) is 7.79. The van der Waals surface area contributed by atoms with E-state index in [1.165, 1.54) is 19.4 Å². The minimum atomic E-state index is 0.0138. The van der Waals surface area contributed by atoms with Crippen LogP contribution in [0.4, 0.5) is 0 Å². The van der Waals surface area contributed by atoms with Crippen LogP contribution in [-0.2, 0) is 6.42 Å². The van der Waals surface area contributed by atoms with Gasteiger partial charge in [-0.25, -0.2) is 4.98 Å². The smallest absolute Gasteiger partial charge is 0.274 e. The normalized spacial score (nSPS) is 23.2. The van der Waals surface area contributed by atoms with Crippen molar-refractivity contribution in [1.29, 1.82) is 0 Å². The highest BCUT2D eigenvalue weighted by atomic mass is 16.2. The zero-order chi connectivity index (χ0) is 17.8. The summed E-state index contributed by atoms with van der Waals surface area (Å²) in [5, 5.41) is 0. The van der Waals surface area contributed by atoms with Gasteiger partial charge in [0.1, 0.15) is 5.69 Å². The minimum Gasteiger partial charge on any atom is -0.335 e. The van der Waals surface area contributed by atoms with Gasteiger partial charge in [-0.1, -0.05) is 0 Å². The predicted octanol–water partition coefficient (Wildman–Crippen LogP) is 1.53. The number of aromatic nitrogens is 2. The van der Waals surface area contributed by atoms with Crippen LogP contribution in [0.2, 0.25) is 0 Å². The predicted molar refractivity (Wildman–Crippen MR) is 98.6 cm³/mol. The highest BCUT2D eigenvalue weighted by molar-refractivity contribution is 5.92. The molecule has 0 N–H and O–H groups in total. The highest BCUT2D eigenvalue weighted by Gasteiger charge is 2.24. The number of piperazine rings is 1. The molecule has 2 fully saturated rings. The van der Waals surface area contributed by atoms with Crippen LogP contribution in [0.3, 0.4) is 0 Å². The summed E-state index contributed by atoms with van der Waals surface area (Å²) < 4.78 is 0. The molecule has 1 atom stereocenters. The summed E-state index contributed by atoms with van der Waals surface area (Å²) in [5.74, 6) is 0.665. The lowest BCUT2D eigenvalue weighted by molar-refractivity contribution is 0.0589. The van der Waals surface area contributed by atoms with Gasteiger partial charge in [0.05, 0.1) is 11.9 Å². The molecule has 0 saturated carbocycles. The molecule has 0 aromatic carbocycles. The summed E-state index contributed by atoms with van der Waals surface area (Å²) in [6, 6.07) is 0.537. The number of nitrogens with zero attached hydrogens (tertiary/aromatic N) is 5. The molecule has 25 heavy (non-hydrogen) atoms. The van der Waals surface area contributed by atoms with Crippen LogP contribution in [0.15, 0.2) is 12.4 Å². The molecule has 0 bridgehead atoms. The molecule has 138 valence electrons. The van der Waals surface area contributed by atoms with Gasteiger partial charge >= 0.3 is 0 Å². The van der Waals surface area contributed by atoms with Crippen LogP contribution in [0.1, 0.15) is 42.9 Å². The van der Waals surface area contributed by atoms with E-state index in [4.69, 9.17) is 0 Å². The first-order chi connectivity index (χ1) is 12.0. The average molecular weight is 345 g/mol. The van der Waals surface area contributed by atoms with Crippen molar-refractivity contribution in [3.05, 3.63) is 23.8 Å². The molecule has 0 radical (unpaired) electrons. The van der Waals surface area contributed by atoms with Crippen molar-refractivity contribution in [2.75, 3.05) is 46.3 Å². The van der Waals surface area contributed by atoms with Crippen molar-refractivity contribution in [2.45, 2.75) is 39.2 Å². The van der Waals surface area contributed by atoms with Crippen molar-refractivity contribution in [1.82, 2.24) is 24.7 Å². The zero-order valence-electron chi connectivity index (χ0n) is 15.8. The molecular formula is C19H31N5O. The molecule has 0 spiro atoms. The van der Waals surface area contributed by atoms with E-state index in [2.05, 4.69) is 40.7 Å². The first-order valence-corrected chi connectivity index (χ1v) is 9.55. The number of piperidine rings is 1. The standard InChI is InChI=1S/C19H31N5O/c1-15(2)23-7-9-24(10-8-23)19(25)18-13-20-17(12-21-18)11-16-5-4-6-22(3)14-16/h12-13,15-16H,4-11,14H2,1-3H3/t16-/m0/s1. The molecule has 2 saturated heterocycles. The summed E-state index contributed by atoms with van der Waals surface area (Å²) >= 11 is 0. The maximum atomic E-state index is 12.6. The molecule has 0 unspecified atom stereocenters. The Morgan fingerprint density at radius 1 is 1.16 bits per heavy atom. The topological polar surface area (TPSA) is 52.6 Å². The number of carbonyl (C=O) groups is 1. The molecule has 1 amide bonds. The lowest BCUT2D eigenvalue weighted by Gasteiger charge is -2.36. The van der Waals surface area contributed by atoms with Crippen LogP contribution in [0.5, 0.6) is 0 Å². The molecule has 6 nitrogen and oxygen atoms in total. The molecule has 0 aliphatic carbocycles. The van der Waals surface area contributed by atoms with E-state index in [0.717, 1.165) is 44.8 Å². The van der Waals surface area contributed by atoms with Crippen molar-refractivity contribution < 1.29 is 4.79 Å². The van der Waals surface area contributed by atoms with E-state index in [1.807, 2.05) is 4.90 Å². The molecule has 1 aromatic rings. The fourth-order valence-corrected chi connectivity index (χ4v) is 3.91. The van der Waals surface area contributed by atoms with Gasteiger partial charge in [-0.15, -0.1) is 0 Å². The Morgan fingerprint density at radius 2 is 1.92 bits per heavy atom. The van der Waals surface area contributed by atoms with Gasteiger partial charge in [0.2, 0.25) is 0 Å². The molecule has 2 aliphatic heterocycles. The number of hydrogen-bond acceptors (Lipinski definition) is 5. The summed E-state index contributed by atoms with van der Waals surface area (Å²) in [7, 11) is 2.18. The fraction of sp³-hybridized carbons (Fsp3) is 0.737. The second-order valence-corrected chi connectivity index (χ2v) is 7.79. The SMILES string of the molecule is CC(C)N1CCN(C(=O)c2cnc(C[C@@H]3CCCN(C)C3)cn2)CC1. The van der Waals surface area contributed by atoms with Gasteiger partial charge in [0, 0.05) is 45.0 Å². The maximum Gasteiger partial charge on any atom is 0.274 e. The largest absolute Gasteiger partial charge is 0.335 e. The Morgan fingerprint density at radius 3 is 2.52 bits per heavy atom. The maximum absolute atomic E-state index is 12.6. The summed E-state index contributed by atoms with van der Waals surface area (Å²) in [4.78, 5) is 28.2. The number of amides is 1. The van der Waals surface area contributed by atoms with Crippen LogP contribution >= 0.6 is 0 Å². The third-order valence-corrected chi connectivity index (χ3v) is 5.48. The Labute approximate surface area is 151 Å². The van der Waals surface area contributed by atoms with Gasteiger partial charge in [-0.2, -0.15) is 0 Å². The average Bonchev–Trinajstić information content (AvgIpc) is 2.62. The van der Waals surface area contributed by atoms with E-state index >= 15 is 0 Å². The van der Waals surface area contributed by atoms with Crippen LogP contribution < -0.4 is 0 Å². The van der Waals surface area contributed by atoms with Crippen LogP contribution in [-0.4, -0.2) is 82.9 Å². The Bertz CT molecular complexity index is 566. The Kier molecular flexibility index (Phi) is 6.02. The van der Waals surface area contributed by atoms with Crippen molar-refractivity contribution in [3.63, 3.8) is 0 Å². The third-order valence-electron chi connectivity index (χ3n) is 5.48. The fourth-order valence-electron chi connectivity index (χ4n) is 3.91. The van der Waals surface area contributed by atoms with E-state index in [0.29, 0.717) is 17.7 Å². The Balaban J connectivity index is 1.54. The lowest BCUT2D eigenvalue weighted by Crippen LogP contribution is -2.50. The quantitative estimate of drug-likeness (QED) is 0.828. The van der Waals surface area contributed by atoms with E-state index in [-0.39, 0.29) is 5.91 Å². The summed E-state index contributed by atoms with van der Waals surface area (Å²) in [5.41, 5.74) is 1.48. The molecule has 3 rings (SSSR count). The number of rotatable bonds is 4. The van der Waals surface area contributed by atoms with Gasteiger partial charge in [-0.3, -0.25) is 14.7 Å². The lowest BCUT2D eigenvalue weighted by atomic mass is 9.94. The molecule has 3 heterocycles. The number of carbonyl (C=O) groups excluding carboxylic acids is 1. The van der Waals surface area contributed by atoms with Gasteiger partial charge < -0.3 is 9.80 Å².